The quantitative estimate of drug-likeness (QED) is 0.902. The van der Waals surface area contributed by atoms with Crippen molar-refractivity contribution in [1.29, 1.82) is 0 Å². The number of sulfonamides is 1. The number of amides is 1. The Balaban J connectivity index is 2.30. The van der Waals surface area contributed by atoms with Crippen molar-refractivity contribution in [2.45, 2.75) is 38.1 Å². The maximum atomic E-state index is 12.1. The van der Waals surface area contributed by atoms with Gasteiger partial charge in [-0.3, -0.25) is 4.79 Å². The molecule has 6 heteroatoms. The first-order valence-electron chi connectivity index (χ1n) is 6.11. The molecule has 0 radical (unpaired) electrons. The van der Waals surface area contributed by atoms with Crippen LogP contribution in [0, 0.1) is 0 Å². The zero-order valence-electron chi connectivity index (χ0n) is 11.3. The number of nitrogens with two attached hydrogens (primary N) is 1. The molecule has 0 bridgehead atoms. The summed E-state index contributed by atoms with van der Waals surface area (Å²) in [6.07, 6.45) is 0. The minimum Gasteiger partial charge on any atom is -0.326 e. The molecular weight excluding hydrogens is 264 g/mol. The summed E-state index contributed by atoms with van der Waals surface area (Å²) in [5.74, 6) is -0.358. The smallest absolute Gasteiger partial charge is 0.259 e. The van der Waals surface area contributed by atoms with Gasteiger partial charge in [0.15, 0.2) is 4.75 Å². The van der Waals surface area contributed by atoms with Crippen LogP contribution < -0.4 is 5.73 Å². The first kappa shape index (κ1) is 14.0. The third kappa shape index (κ3) is 1.86. The van der Waals surface area contributed by atoms with Crippen LogP contribution >= 0.6 is 0 Å². The normalized spacial score (nSPS) is 21.9. The van der Waals surface area contributed by atoms with Gasteiger partial charge in [-0.2, -0.15) is 0 Å². The second-order valence-electron chi connectivity index (χ2n) is 5.24. The number of nitrogens with zero attached hydrogens (tertiary/aromatic N) is 1. The molecule has 2 rings (SSSR count). The first-order chi connectivity index (χ1) is 8.73. The highest BCUT2D eigenvalue weighted by Crippen LogP contribution is 2.41. The number of carbonyl (C=O) groups excluding carboxylic acids is 1. The summed E-state index contributed by atoms with van der Waals surface area (Å²) < 4.78 is 23.9. The SMILES string of the molecule is CC(c1ccc(CN)cc1)N1C(=O)C(C)(C)S1(=O)=O. The molecule has 1 amide bonds. The average molecular weight is 282 g/mol. The van der Waals surface area contributed by atoms with Gasteiger partial charge in [0.2, 0.25) is 0 Å². The van der Waals surface area contributed by atoms with E-state index in [9.17, 15) is 13.2 Å². The summed E-state index contributed by atoms with van der Waals surface area (Å²) in [5.41, 5.74) is 7.26. The van der Waals surface area contributed by atoms with Crippen molar-refractivity contribution in [1.82, 2.24) is 4.31 Å². The second kappa shape index (κ2) is 4.31. The number of rotatable bonds is 3. The van der Waals surface area contributed by atoms with Gasteiger partial charge in [-0.25, -0.2) is 12.7 Å². The molecule has 1 fully saturated rings. The van der Waals surface area contributed by atoms with Crippen LogP contribution in [0.4, 0.5) is 0 Å². The molecule has 1 atom stereocenters. The van der Waals surface area contributed by atoms with E-state index < -0.39 is 20.8 Å². The molecule has 0 spiro atoms. The lowest BCUT2D eigenvalue weighted by Crippen LogP contribution is -2.67. The van der Waals surface area contributed by atoms with Crippen molar-refractivity contribution in [3.05, 3.63) is 35.4 Å². The Morgan fingerprint density at radius 3 is 2.21 bits per heavy atom. The standard InChI is InChI=1S/C13H18N2O3S/c1-9(11-6-4-10(8-14)5-7-11)15-12(16)13(2,3)19(15,17)18/h4-7,9H,8,14H2,1-3H3. The Labute approximate surface area is 113 Å². The van der Waals surface area contributed by atoms with E-state index in [0.29, 0.717) is 6.54 Å². The molecule has 1 aliphatic rings. The van der Waals surface area contributed by atoms with Gasteiger partial charge in [-0.05, 0) is 31.9 Å². The number of hydrogen-bond donors (Lipinski definition) is 1. The van der Waals surface area contributed by atoms with Crippen LogP contribution in [-0.2, 0) is 21.4 Å². The third-order valence-electron chi connectivity index (χ3n) is 3.67. The minimum atomic E-state index is -3.55. The summed E-state index contributed by atoms with van der Waals surface area (Å²) in [7, 11) is -3.55. The van der Waals surface area contributed by atoms with Crippen LogP contribution in [0.2, 0.25) is 0 Å². The van der Waals surface area contributed by atoms with Crippen LogP contribution in [0.5, 0.6) is 0 Å². The van der Waals surface area contributed by atoms with Crippen molar-refractivity contribution in [2.24, 2.45) is 5.73 Å². The lowest BCUT2D eigenvalue weighted by molar-refractivity contribution is -0.133. The minimum absolute atomic E-state index is 0.358. The van der Waals surface area contributed by atoms with Crippen LogP contribution in [0.25, 0.3) is 0 Å². The Bertz CT molecular complexity index is 605. The summed E-state index contributed by atoms with van der Waals surface area (Å²) in [6.45, 7) is 5.02. The molecule has 0 aliphatic carbocycles. The van der Waals surface area contributed by atoms with E-state index in [-0.39, 0.29) is 5.91 Å². The van der Waals surface area contributed by atoms with E-state index >= 15 is 0 Å². The van der Waals surface area contributed by atoms with E-state index in [4.69, 9.17) is 5.73 Å². The number of carbonyl (C=O) groups is 1. The van der Waals surface area contributed by atoms with Gasteiger partial charge in [-0.15, -0.1) is 0 Å². The van der Waals surface area contributed by atoms with Crippen LogP contribution in [0.3, 0.4) is 0 Å². The predicted octanol–water partition coefficient (Wildman–Crippen LogP) is 1.16. The zero-order valence-corrected chi connectivity index (χ0v) is 12.1. The molecule has 5 nitrogen and oxygen atoms in total. The Morgan fingerprint density at radius 1 is 1.26 bits per heavy atom. The maximum absolute atomic E-state index is 12.1. The van der Waals surface area contributed by atoms with E-state index in [1.54, 1.807) is 19.1 Å². The Kier molecular flexibility index (Phi) is 3.18. The van der Waals surface area contributed by atoms with Crippen LogP contribution in [0.15, 0.2) is 24.3 Å². The van der Waals surface area contributed by atoms with Gasteiger partial charge in [0, 0.05) is 6.54 Å². The summed E-state index contributed by atoms with van der Waals surface area (Å²) in [6, 6.07) is 6.81. The predicted molar refractivity (Wildman–Crippen MR) is 72.6 cm³/mol. The number of hydrogen-bond acceptors (Lipinski definition) is 4. The van der Waals surface area contributed by atoms with Gasteiger partial charge in [0.25, 0.3) is 15.9 Å². The fourth-order valence-corrected chi connectivity index (χ4v) is 3.81. The fraction of sp³-hybridized carbons (Fsp3) is 0.462. The van der Waals surface area contributed by atoms with Crippen molar-refractivity contribution in [3.8, 4) is 0 Å². The molecule has 19 heavy (non-hydrogen) atoms. The molecule has 0 aromatic heterocycles. The van der Waals surface area contributed by atoms with E-state index in [0.717, 1.165) is 15.4 Å². The summed E-state index contributed by atoms with van der Waals surface area (Å²) in [4.78, 5) is 12.0. The topological polar surface area (TPSA) is 80.5 Å². The molecular formula is C13H18N2O3S. The molecule has 2 N–H and O–H groups in total. The molecule has 104 valence electrons. The van der Waals surface area contributed by atoms with Crippen molar-refractivity contribution < 1.29 is 13.2 Å². The average Bonchev–Trinajstić information content (AvgIpc) is 2.38. The Morgan fingerprint density at radius 2 is 1.79 bits per heavy atom. The lowest BCUT2D eigenvalue weighted by Gasteiger charge is -2.46. The molecule has 1 aliphatic heterocycles. The molecule has 0 saturated carbocycles. The van der Waals surface area contributed by atoms with Crippen LogP contribution in [0.1, 0.15) is 37.9 Å². The van der Waals surface area contributed by atoms with Crippen molar-refractivity contribution in [3.63, 3.8) is 0 Å². The van der Waals surface area contributed by atoms with Gasteiger partial charge in [0.05, 0.1) is 6.04 Å². The van der Waals surface area contributed by atoms with Gasteiger partial charge >= 0.3 is 0 Å². The van der Waals surface area contributed by atoms with Gasteiger partial charge in [0.1, 0.15) is 0 Å². The molecule has 1 saturated heterocycles. The van der Waals surface area contributed by atoms with E-state index in [2.05, 4.69) is 0 Å². The summed E-state index contributed by atoms with van der Waals surface area (Å²) in [5, 5.41) is 0. The Hall–Kier alpha value is -1.40. The van der Waals surface area contributed by atoms with E-state index in [1.165, 1.54) is 13.8 Å². The lowest BCUT2D eigenvalue weighted by atomic mass is 10.0. The maximum Gasteiger partial charge on any atom is 0.259 e. The second-order valence-corrected chi connectivity index (χ2v) is 7.60. The fourth-order valence-electron chi connectivity index (χ4n) is 2.14. The number of benzene rings is 1. The zero-order chi connectivity index (χ0) is 14.4. The highest BCUT2D eigenvalue weighted by atomic mass is 32.2. The van der Waals surface area contributed by atoms with Gasteiger partial charge < -0.3 is 5.73 Å². The van der Waals surface area contributed by atoms with Crippen LogP contribution in [-0.4, -0.2) is 23.4 Å². The van der Waals surface area contributed by atoms with Crippen molar-refractivity contribution >= 4 is 15.9 Å². The van der Waals surface area contributed by atoms with Crippen molar-refractivity contribution in [2.75, 3.05) is 0 Å². The molecule has 1 unspecified atom stereocenters. The molecule has 1 heterocycles. The molecule has 1 aromatic carbocycles. The summed E-state index contributed by atoms with van der Waals surface area (Å²) >= 11 is 0. The van der Waals surface area contributed by atoms with E-state index in [1.807, 2.05) is 12.1 Å². The monoisotopic (exact) mass is 282 g/mol. The third-order valence-corrected chi connectivity index (χ3v) is 6.13. The highest BCUT2D eigenvalue weighted by Gasteiger charge is 2.61. The molecule has 1 aromatic rings. The van der Waals surface area contributed by atoms with Gasteiger partial charge in [-0.1, -0.05) is 24.3 Å². The first-order valence-corrected chi connectivity index (χ1v) is 7.55. The largest absolute Gasteiger partial charge is 0.326 e. The highest BCUT2D eigenvalue weighted by molar-refractivity contribution is 7.94.